The van der Waals surface area contributed by atoms with Crippen LogP contribution in [0.15, 0.2) is 0 Å². The highest BCUT2D eigenvalue weighted by atomic mass is 28.1. The predicted octanol–water partition coefficient (Wildman–Crippen LogP) is 0.184. The summed E-state index contributed by atoms with van der Waals surface area (Å²) in [6, 6.07) is 1.11. The van der Waals surface area contributed by atoms with Crippen molar-refractivity contribution in [3.8, 4) is 0 Å². The van der Waals surface area contributed by atoms with Gasteiger partial charge in [0.1, 0.15) is 0 Å². The molecule has 0 saturated carbocycles. The van der Waals surface area contributed by atoms with Crippen LogP contribution in [0.1, 0.15) is 13.3 Å². The van der Waals surface area contributed by atoms with Gasteiger partial charge in [-0.2, -0.15) is 0 Å². The molecule has 0 amide bonds. The average molecular weight is 192 g/mol. The first-order valence-electron chi connectivity index (χ1n) is 4.25. The van der Waals surface area contributed by atoms with Gasteiger partial charge in [0, 0.05) is 38.0 Å². The van der Waals surface area contributed by atoms with Gasteiger partial charge >= 0.3 is 0 Å². The quantitative estimate of drug-likeness (QED) is 0.444. The van der Waals surface area contributed by atoms with Crippen molar-refractivity contribution in [2.45, 2.75) is 31.3 Å². The fourth-order valence-electron chi connectivity index (χ4n) is 1.06. The summed E-state index contributed by atoms with van der Waals surface area (Å²) < 4.78 is 15.7. The summed E-state index contributed by atoms with van der Waals surface area (Å²) in [7, 11) is 6.19. The van der Waals surface area contributed by atoms with Gasteiger partial charge in [0.2, 0.25) is 0 Å². The maximum atomic E-state index is 5.27. The molecule has 0 bridgehead atoms. The van der Waals surface area contributed by atoms with Crippen LogP contribution in [0.5, 0.6) is 0 Å². The Morgan fingerprint density at radius 3 is 2.00 bits per heavy atom. The van der Waals surface area contributed by atoms with E-state index in [1.165, 1.54) is 0 Å². The molecule has 0 aromatic heterocycles. The van der Waals surface area contributed by atoms with Crippen LogP contribution in [-0.2, 0) is 14.2 Å². The van der Waals surface area contributed by atoms with Crippen LogP contribution in [0.3, 0.4) is 0 Å². The summed E-state index contributed by atoms with van der Waals surface area (Å²) in [6.45, 7) is 1.93. The zero-order valence-corrected chi connectivity index (χ0v) is 10.7. The summed E-state index contributed by atoms with van der Waals surface area (Å²) in [5, 5.41) is 0. The van der Waals surface area contributed by atoms with E-state index in [-0.39, 0.29) is 6.10 Å². The highest BCUT2D eigenvalue weighted by Crippen LogP contribution is 2.19. The van der Waals surface area contributed by atoms with Gasteiger partial charge in [-0.05, 0) is 13.0 Å². The molecule has 0 saturated heterocycles. The minimum atomic E-state index is -0.495. The van der Waals surface area contributed by atoms with Gasteiger partial charge in [0.05, 0.1) is 6.10 Å². The Hall–Kier alpha value is 0.0969. The van der Waals surface area contributed by atoms with Crippen molar-refractivity contribution in [3.63, 3.8) is 0 Å². The smallest absolute Gasteiger partial charge is 0.167 e. The van der Waals surface area contributed by atoms with E-state index in [1.54, 1.807) is 21.3 Å². The lowest BCUT2D eigenvalue weighted by atomic mass is 10.1. The second-order valence-electron chi connectivity index (χ2n) is 3.01. The molecule has 3 nitrogen and oxygen atoms in total. The second kappa shape index (κ2) is 5.69. The highest BCUT2D eigenvalue weighted by molar-refractivity contribution is 6.08. The van der Waals surface area contributed by atoms with E-state index in [1.807, 2.05) is 6.92 Å². The number of hydrogen-bond acceptors (Lipinski definition) is 3. The van der Waals surface area contributed by atoms with E-state index in [0.29, 0.717) is 0 Å². The molecule has 0 radical (unpaired) electrons. The van der Waals surface area contributed by atoms with Crippen molar-refractivity contribution < 1.29 is 14.2 Å². The number of methoxy groups -OCH3 is 3. The van der Waals surface area contributed by atoms with E-state index in [2.05, 4.69) is 0 Å². The number of rotatable bonds is 6. The molecule has 12 heavy (non-hydrogen) atoms. The topological polar surface area (TPSA) is 27.7 Å². The minimum absolute atomic E-state index is 0.265. The Morgan fingerprint density at radius 2 is 1.75 bits per heavy atom. The molecule has 0 fully saturated rings. The number of hydrogen-bond donors (Lipinski definition) is 0. The third kappa shape index (κ3) is 3.67. The molecule has 1 atom stereocenters. The van der Waals surface area contributed by atoms with Crippen molar-refractivity contribution in [3.05, 3.63) is 0 Å². The third-order valence-corrected chi connectivity index (χ3v) is 3.16. The number of ether oxygens (including phenoxy) is 3. The molecule has 4 heteroatoms. The molecule has 0 N–H and O–H groups in total. The van der Waals surface area contributed by atoms with Crippen LogP contribution >= 0.6 is 0 Å². The Labute approximate surface area is 77.8 Å². The molecule has 0 rings (SSSR count). The lowest BCUT2D eigenvalue weighted by Gasteiger charge is -2.29. The average Bonchev–Trinajstić information content (AvgIpc) is 2.14. The van der Waals surface area contributed by atoms with Crippen molar-refractivity contribution in [1.82, 2.24) is 0 Å². The van der Waals surface area contributed by atoms with E-state index in [9.17, 15) is 0 Å². The lowest BCUT2D eigenvalue weighted by Crippen LogP contribution is -2.34. The van der Waals surface area contributed by atoms with E-state index >= 15 is 0 Å². The van der Waals surface area contributed by atoms with E-state index in [4.69, 9.17) is 14.2 Å². The summed E-state index contributed by atoms with van der Waals surface area (Å²) in [5.41, 5.74) is 0. The summed E-state index contributed by atoms with van der Waals surface area (Å²) in [4.78, 5) is 0. The van der Waals surface area contributed by atoms with Crippen LogP contribution in [0.2, 0.25) is 6.04 Å². The molecule has 0 aliphatic heterocycles. The molecule has 1 unspecified atom stereocenters. The van der Waals surface area contributed by atoms with E-state index in [0.717, 1.165) is 22.7 Å². The monoisotopic (exact) mass is 192 g/mol. The lowest BCUT2D eigenvalue weighted by molar-refractivity contribution is -0.209. The third-order valence-electron chi connectivity index (χ3n) is 2.25. The summed E-state index contributed by atoms with van der Waals surface area (Å²) >= 11 is 0. The fraction of sp³-hybridized carbons (Fsp3) is 1.00. The molecule has 0 aromatic rings. The van der Waals surface area contributed by atoms with Gasteiger partial charge in [0.15, 0.2) is 5.79 Å². The van der Waals surface area contributed by atoms with Crippen LogP contribution in [0.4, 0.5) is 0 Å². The molecule has 74 valence electrons. The zero-order valence-electron chi connectivity index (χ0n) is 8.72. The largest absolute Gasteiger partial charge is 0.382 e. The fourth-order valence-corrected chi connectivity index (χ4v) is 1.68. The van der Waals surface area contributed by atoms with Gasteiger partial charge in [-0.15, -0.1) is 0 Å². The standard InChI is InChI=1S/C8H20O3Si/c1-8(10-3,11-4)5-7(6-12)9-2/h7H,5-6H2,1-4,12H3. The SMILES string of the molecule is COC(C[SiH3])CC(C)(OC)OC. The Kier molecular flexibility index (Phi) is 5.74. The minimum Gasteiger partial charge on any atom is -0.382 e. The van der Waals surface area contributed by atoms with Gasteiger partial charge < -0.3 is 14.2 Å². The summed E-state index contributed by atoms with van der Waals surface area (Å²) in [6.07, 6.45) is 1.06. The van der Waals surface area contributed by atoms with Crippen LogP contribution in [0.25, 0.3) is 0 Å². The van der Waals surface area contributed by atoms with Crippen molar-refractivity contribution in [1.29, 1.82) is 0 Å². The molecular weight excluding hydrogens is 172 g/mol. The van der Waals surface area contributed by atoms with E-state index < -0.39 is 5.79 Å². The maximum Gasteiger partial charge on any atom is 0.167 e. The first-order valence-corrected chi connectivity index (χ1v) is 5.66. The first-order chi connectivity index (χ1) is 5.61. The Bertz CT molecular complexity index is 111. The second-order valence-corrected chi connectivity index (χ2v) is 3.83. The first kappa shape index (κ1) is 12.1. The highest BCUT2D eigenvalue weighted by Gasteiger charge is 2.26. The van der Waals surface area contributed by atoms with Crippen LogP contribution < -0.4 is 0 Å². The van der Waals surface area contributed by atoms with Crippen molar-refractivity contribution in [2.75, 3.05) is 21.3 Å². The zero-order chi connectivity index (χ0) is 9.61. The van der Waals surface area contributed by atoms with Gasteiger partial charge in [-0.1, -0.05) is 0 Å². The van der Waals surface area contributed by atoms with Crippen LogP contribution in [-0.4, -0.2) is 43.5 Å². The molecule has 0 aromatic carbocycles. The normalized spacial score (nSPS) is 15.0. The molecule has 0 heterocycles. The van der Waals surface area contributed by atoms with Crippen LogP contribution in [0, 0.1) is 0 Å². The molecule has 0 spiro atoms. The van der Waals surface area contributed by atoms with Gasteiger partial charge in [-0.3, -0.25) is 0 Å². The van der Waals surface area contributed by atoms with Crippen molar-refractivity contribution in [2.24, 2.45) is 0 Å². The Balaban J connectivity index is 3.99. The Morgan fingerprint density at radius 1 is 1.25 bits per heavy atom. The summed E-state index contributed by atoms with van der Waals surface area (Å²) in [5.74, 6) is -0.495. The maximum absolute atomic E-state index is 5.27. The molecular formula is C8H20O3Si. The molecule has 0 aliphatic rings. The van der Waals surface area contributed by atoms with Gasteiger partial charge in [-0.25, -0.2) is 0 Å². The molecule has 0 aliphatic carbocycles. The van der Waals surface area contributed by atoms with Gasteiger partial charge in [0.25, 0.3) is 0 Å². The predicted molar refractivity (Wildman–Crippen MR) is 52.6 cm³/mol. The van der Waals surface area contributed by atoms with Crippen molar-refractivity contribution >= 4 is 10.2 Å².